The summed E-state index contributed by atoms with van der Waals surface area (Å²) in [5.74, 6) is 0.493. The molecule has 0 bridgehead atoms. The van der Waals surface area contributed by atoms with Gasteiger partial charge in [-0.25, -0.2) is 4.79 Å². The van der Waals surface area contributed by atoms with Crippen LogP contribution in [0.25, 0.3) is 6.08 Å². The van der Waals surface area contributed by atoms with E-state index >= 15 is 0 Å². The molecule has 1 saturated carbocycles. The predicted molar refractivity (Wildman–Crippen MR) is 73.8 cm³/mol. The zero-order valence-electron chi connectivity index (χ0n) is 10.1. The van der Waals surface area contributed by atoms with Crippen LogP contribution in [0.15, 0.2) is 22.7 Å². The lowest BCUT2D eigenvalue weighted by Crippen LogP contribution is -2.02. The van der Waals surface area contributed by atoms with Crippen LogP contribution in [-0.4, -0.2) is 17.7 Å². The molecule has 0 aliphatic heterocycles. The van der Waals surface area contributed by atoms with Gasteiger partial charge in [-0.1, -0.05) is 15.9 Å². The van der Waals surface area contributed by atoms with Gasteiger partial charge in [-0.05, 0) is 49.5 Å². The second-order valence-electron chi connectivity index (χ2n) is 4.57. The molecule has 0 atom stereocenters. The van der Waals surface area contributed by atoms with Gasteiger partial charge in [0.15, 0.2) is 0 Å². The van der Waals surface area contributed by atoms with E-state index in [0.29, 0.717) is 5.92 Å². The van der Waals surface area contributed by atoms with Gasteiger partial charge in [0.1, 0.15) is 5.75 Å². The average Bonchev–Trinajstić information content (AvgIpc) is 3.08. The molecule has 3 nitrogen and oxygen atoms in total. The van der Waals surface area contributed by atoms with Gasteiger partial charge in [-0.15, -0.1) is 0 Å². The van der Waals surface area contributed by atoms with Gasteiger partial charge in [0.25, 0.3) is 0 Å². The minimum Gasteiger partial charge on any atom is -0.492 e. The summed E-state index contributed by atoms with van der Waals surface area (Å²) in [6.07, 6.45) is 5.17. The Balaban J connectivity index is 2.24. The number of rotatable bonds is 5. The van der Waals surface area contributed by atoms with Crippen molar-refractivity contribution in [2.24, 2.45) is 5.92 Å². The highest BCUT2D eigenvalue weighted by atomic mass is 79.9. The molecule has 0 amide bonds. The van der Waals surface area contributed by atoms with Crippen LogP contribution in [0.3, 0.4) is 0 Å². The van der Waals surface area contributed by atoms with Gasteiger partial charge in [-0.3, -0.25) is 0 Å². The molecule has 1 aromatic carbocycles. The Hall–Kier alpha value is -1.29. The Morgan fingerprint density at radius 1 is 1.56 bits per heavy atom. The number of ether oxygens (including phenoxy) is 1. The van der Waals surface area contributed by atoms with Crippen molar-refractivity contribution in [1.29, 1.82) is 0 Å². The fraction of sp³-hybridized carbons (Fsp3) is 0.357. The Morgan fingerprint density at radius 2 is 2.28 bits per heavy atom. The van der Waals surface area contributed by atoms with E-state index in [1.54, 1.807) is 6.08 Å². The van der Waals surface area contributed by atoms with E-state index in [-0.39, 0.29) is 0 Å². The molecule has 1 aliphatic carbocycles. The molecule has 96 valence electrons. The van der Waals surface area contributed by atoms with Crippen molar-refractivity contribution in [3.8, 4) is 5.75 Å². The van der Waals surface area contributed by atoms with Gasteiger partial charge >= 0.3 is 5.97 Å². The number of hydrogen-bond donors (Lipinski definition) is 1. The second kappa shape index (κ2) is 5.57. The monoisotopic (exact) mass is 310 g/mol. The standard InChI is InChI=1S/C14H15BrO3/c1-9-6-12(15)7-11(4-5-13(16)17)14(9)18-8-10-2-3-10/h4-7,10H,2-3,8H2,1H3,(H,16,17)/b5-4+. The van der Waals surface area contributed by atoms with Crippen molar-refractivity contribution in [3.05, 3.63) is 33.8 Å². The fourth-order valence-electron chi connectivity index (χ4n) is 1.72. The summed E-state index contributed by atoms with van der Waals surface area (Å²) in [4.78, 5) is 10.6. The number of halogens is 1. The first-order valence-electron chi connectivity index (χ1n) is 5.90. The zero-order chi connectivity index (χ0) is 13.1. The smallest absolute Gasteiger partial charge is 0.328 e. The maximum atomic E-state index is 10.6. The minimum absolute atomic E-state index is 0.671. The van der Waals surface area contributed by atoms with Gasteiger partial charge in [0.05, 0.1) is 6.61 Å². The number of benzene rings is 1. The molecule has 0 spiro atoms. The first kappa shape index (κ1) is 13.1. The third kappa shape index (κ3) is 3.60. The fourth-order valence-corrected chi connectivity index (χ4v) is 2.31. The van der Waals surface area contributed by atoms with E-state index in [1.807, 2.05) is 19.1 Å². The predicted octanol–water partition coefficient (Wildman–Crippen LogP) is 3.64. The number of aliphatic carboxylic acids is 1. The van der Waals surface area contributed by atoms with Crippen LogP contribution < -0.4 is 4.74 Å². The third-order valence-corrected chi connectivity index (χ3v) is 3.29. The Kier molecular flexibility index (Phi) is 4.07. The van der Waals surface area contributed by atoms with Crippen LogP contribution in [0, 0.1) is 12.8 Å². The van der Waals surface area contributed by atoms with Gasteiger partial charge in [0, 0.05) is 16.1 Å². The van der Waals surface area contributed by atoms with Crippen molar-refractivity contribution in [2.45, 2.75) is 19.8 Å². The maximum absolute atomic E-state index is 10.6. The lowest BCUT2D eigenvalue weighted by atomic mass is 10.1. The molecular formula is C14H15BrO3. The van der Waals surface area contributed by atoms with E-state index in [1.165, 1.54) is 12.8 Å². The first-order valence-corrected chi connectivity index (χ1v) is 6.69. The number of carbonyl (C=O) groups is 1. The minimum atomic E-state index is -0.958. The van der Waals surface area contributed by atoms with Crippen molar-refractivity contribution in [1.82, 2.24) is 0 Å². The van der Waals surface area contributed by atoms with Crippen LogP contribution in [0.4, 0.5) is 0 Å². The summed E-state index contributed by atoms with van der Waals surface area (Å²) in [6.45, 7) is 2.68. The quantitative estimate of drug-likeness (QED) is 0.844. The Labute approximate surface area is 115 Å². The summed E-state index contributed by atoms with van der Waals surface area (Å²) >= 11 is 3.41. The lowest BCUT2D eigenvalue weighted by Gasteiger charge is -2.12. The normalized spacial score (nSPS) is 15.0. The number of carboxylic acid groups (broad SMARTS) is 1. The molecule has 0 saturated heterocycles. The van der Waals surface area contributed by atoms with E-state index in [9.17, 15) is 4.79 Å². The Bertz CT molecular complexity index is 490. The second-order valence-corrected chi connectivity index (χ2v) is 5.48. The molecule has 2 rings (SSSR count). The SMILES string of the molecule is Cc1cc(Br)cc(/C=C/C(=O)O)c1OCC1CC1. The van der Waals surface area contributed by atoms with Crippen LogP contribution in [0.5, 0.6) is 5.75 Å². The molecule has 18 heavy (non-hydrogen) atoms. The first-order chi connectivity index (χ1) is 8.56. The molecule has 1 aliphatic rings. The zero-order valence-corrected chi connectivity index (χ0v) is 11.7. The van der Waals surface area contributed by atoms with E-state index < -0.39 is 5.97 Å². The highest BCUT2D eigenvalue weighted by Crippen LogP contribution is 2.33. The highest BCUT2D eigenvalue weighted by Gasteiger charge is 2.22. The van der Waals surface area contributed by atoms with Gasteiger partial charge in [-0.2, -0.15) is 0 Å². The summed E-state index contributed by atoms with van der Waals surface area (Å²) in [5.41, 5.74) is 1.81. The summed E-state index contributed by atoms with van der Waals surface area (Å²) < 4.78 is 6.73. The van der Waals surface area contributed by atoms with Crippen molar-refractivity contribution >= 4 is 28.0 Å². The topological polar surface area (TPSA) is 46.5 Å². The number of carboxylic acids is 1. The maximum Gasteiger partial charge on any atom is 0.328 e. The largest absolute Gasteiger partial charge is 0.492 e. The molecular weight excluding hydrogens is 296 g/mol. The van der Waals surface area contributed by atoms with E-state index in [2.05, 4.69) is 15.9 Å². The average molecular weight is 311 g/mol. The molecule has 0 aromatic heterocycles. The molecule has 0 heterocycles. The van der Waals surface area contributed by atoms with Crippen molar-refractivity contribution in [2.75, 3.05) is 6.61 Å². The molecule has 1 aromatic rings. The van der Waals surface area contributed by atoms with Crippen LogP contribution in [0.1, 0.15) is 24.0 Å². The third-order valence-electron chi connectivity index (χ3n) is 2.83. The summed E-state index contributed by atoms with van der Waals surface area (Å²) in [5, 5.41) is 8.69. The van der Waals surface area contributed by atoms with Crippen LogP contribution in [0.2, 0.25) is 0 Å². The Morgan fingerprint density at radius 3 is 2.89 bits per heavy atom. The summed E-state index contributed by atoms with van der Waals surface area (Å²) in [6, 6.07) is 3.84. The van der Waals surface area contributed by atoms with Gasteiger partial charge < -0.3 is 9.84 Å². The number of aryl methyl sites for hydroxylation is 1. The van der Waals surface area contributed by atoms with Crippen LogP contribution in [-0.2, 0) is 4.79 Å². The van der Waals surface area contributed by atoms with Crippen molar-refractivity contribution in [3.63, 3.8) is 0 Å². The number of hydrogen-bond acceptors (Lipinski definition) is 2. The van der Waals surface area contributed by atoms with Gasteiger partial charge in [0.2, 0.25) is 0 Å². The van der Waals surface area contributed by atoms with Crippen molar-refractivity contribution < 1.29 is 14.6 Å². The van der Waals surface area contributed by atoms with E-state index in [4.69, 9.17) is 9.84 Å². The molecule has 0 radical (unpaired) electrons. The lowest BCUT2D eigenvalue weighted by molar-refractivity contribution is -0.131. The molecule has 1 fully saturated rings. The molecule has 4 heteroatoms. The summed E-state index contributed by atoms with van der Waals surface area (Å²) in [7, 11) is 0. The molecule has 1 N–H and O–H groups in total. The highest BCUT2D eigenvalue weighted by molar-refractivity contribution is 9.10. The van der Waals surface area contributed by atoms with Crippen LogP contribution >= 0.6 is 15.9 Å². The van der Waals surface area contributed by atoms with E-state index in [0.717, 1.165) is 34.0 Å². The molecule has 0 unspecified atom stereocenters.